The van der Waals surface area contributed by atoms with Crippen LogP contribution in [0.3, 0.4) is 0 Å². The molecular weight excluding hydrogens is 356 g/mol. The van der Waals surface area contributed by atoms with Gasteiger partial charge < -0.3 is 10.2 Å². The lowest BCUT2D eigenvalue weighted by atomic mass is 9.89. The second-order valence-electron chi connectivity index (χ2n) is 7.74. The first-order valence-corrected chi connectivity index (χ1v) is 10.5. The van der Waals surface area contributed by atoms with Gasteiger partial charge in [-0.25, -0.2) is 0 Å². The third-order valence-electron chi connectivity index (χ3n) is 5.68. The first-order valence-electron chi connectivity index (χ1n) is 10.5. The standard InChI is InChI=1S/C26H28N2O/c29-26(25(22-13-6-2-7-14-22)23-15-8-3-9-16-23)28-18-10-17-24(20-28)27-19-21-11-4-1-5-12-21/h1-9,11-16,24-25,27H,10,17-20H2/t24-/m0/s1. The largest absolute Gasteiger partial charge is 0.340 e. The van der Waals surface area contributed by atoms with E-state index in [2.05, 4.69) is 58.7 Å². The zero-order chi connectivity index (χ0) is 19.9. The smallest absolute Gasteiger partial charge is 0.234 e. The number of piperidine rings is 1. The molecule has 0 aliphatic carbocycles. The van der Waals surface area contributed by atoms with E-state index >= 15 is 0 Å². The molecule has 1 fully saturated rings. The topological polar surface area (TPSA) is 32.3 Å². The van der Waals surface area contributed by atoms with Crippen molar-refractivity contribution in [1.29, 1.82) is 0 Å². The molecule has 1 N–H and O–H groups in total. The van der Waals surface area contributed by atoms with E-state index in [0.717, 1.165) is 43.6 Å². The Labute approximate surface area is 173 Å². The van der Waals surface area contributed by atoms with Gasteiger partial charge in [-0.3, -0.25) is 4.79 Å². The summed E-state index contributed by atoms with van der Waals surface area (Å²) in [6.07, 6.45) is 2.15. The summed E-state index contributed by atoms with van der Waals surface area (Å²) in [7, 11) is 0. The number of amides is 1. The minimum Gasteiger partial charge on any atom is -0.340 e. The molecule has 29 heavy (non-hydrogen) atoms. The van der Waals surface area contributed by atoms with Gasteiger partial charge in [0.15, 0.2) is 0 Å². The van der Waals surface area contributed by atoms with Crippen LogP contribution in [0.5, 0.6) is 0 Å². The Morgan fingerprint density at radius 3 is 2.00 bits per heavy atom. The first kappa shape index (κ1) is 19.4. The van der Waals surface area contributed by atoms with E-state index in [4.69, 9.17) is 0 Å². The Hall–Kier alpha value is -2.91. The van der Waals surface area contributed by atoms with Crippen LogP contribution in [0.15, 0.2) is 91.0 Å². The Morgan fingerprint density at radius 1 is 0.862 bits per heavy atom. The molecule has 1 amide bonds. The van der Waals surface area contributed by atoms with E-state index in [-0.39, 0.29) is 11.8 Å². The predicted octanol–water partition coefficient (Wildman–Crippen LogP) is 4.60. The van der Waals surface area contributed by atoms with Crippen LogP contribution < -0.4 is 5.32 Å². The summed E-state index contributed by atoms with van der Waals surface area (Å²) in [4.78, 5) is 15.7. The molecule has 3 nitrogen and oxygen atoms in total. The number of benzene rings is 3. The predicted molar refractivity (Wildman–Crippen MR) is 118 cm³/mol. The molecule has 0 aromatic heterocycles. The summed E-state index contributed by atoms with van der Waals surface area (Å²) in [6.45, 7) is 2.44. The summed E-state index contributed by atoms with van der Waals surface area (Å²) in [5.74, 6) is -0.0427. The maximum atomic E-state index is 13.6. The second kappa shape index (κ2) is 9.53. The van der Waals surface area contributed by atoms with Gasteiger partial charge in [0.05, 0.1) is 5.92 Å². The van der Waals surface area contributed by atoms with Crippen molar-refractivity contribution in [2.24, 2.45) is 0 Å². The zero-order valence-electron chi connectivity index (χ0n) is 16.7. The summed E-state index contributed by atoms with van der Waals surface area (Å²) in [6, 6.07) is 31.1. The summed E-state index contributed by atoms with van der Waals surface area (Å²) < 4.78 is 0. The second-order valence-corrected chi connectivity index (χ2v) is 7.74. The van der Waals surface area contributed by atoms with Gasteiger partial charge in [0, 0.05) is 25.7 Å². The molecule has 3 heteroatoms. The zero-order valence-corrected chi connectivity index (χ0v) is 16.7. The molecule has 4 rings (SSSR count). The van der Waals surface area contributed by atoms with Crippen LogP contribution in [-0.4, -0.2) is 29.9 Å². The van der Waals surface area contributed by atoms with Crippen molar-refractivity contribution in [1.82, 2.24) is 10.2 Å². The molecule has 0 bridgehead atoms. The lowest BCUT2D eigenvalue weighted by molar-refractivity contribution is -0.133. The van der Waals surface area contributed by atoms with Crippen molar-refractivity contribution in [3.05, 3.63) is 108 Å². The van der Waals surface area contributed by atoms with Gasteiger partial charge in [0.2, 0.25) is 5.91 Å². The highest BCUT2D eigenvalue weighted by atomic mass is 16.2. The summed E-state index contributed by atoms with van der Waals surface area (Å²) >= 11 is 0. The van der Waals surface area contributed by atoms with E-state index in [0.29, 0.717) is 6.04 Å². The Morgan fingerprint density at radius 2 is 1.41 bits per heavy atom. The maximum Gasteiger partial charge on any atom is 0.234 e. The minimum absolute atomic E-state index is 0.202. The number of hydrogen-bond donors (Lipinski definition) is 1. The van der Waals surface area contributed by atoms with E-state index in [1.54, 1.807) is 0 Å². The molecule has 3 aromatic rings. The molecular formula is C26H28N2O. The van der Waals surface area contributed by atoms with Gasteiger partial charge in [0.25, 0.3) is 0 Å². The molecule has 1 saturated heterocycles. The van der Waals surface area contributed by atoms with Crippen molar-refractivity contribution in [3.8, 4) is 0 Å². The van der Waals surface area contributed by atoms with Gasteiger partial charge in [-0.05, 0) is 29.5 Å². The number of likely N-dealkylation sites (tertiary alicyclic amines) is 1. The van der Waals surface area contributed by atoms with Crippen LogP contribution in [0.1, 0.15) is 35.4 Å². The van der Waals surface area contributed by atoms with E-state index in [9.17, 15) is 4.79 Å². The summed E-state index contributed by atoms with van der Waals surface area (Å²) in [5, 5.41) is 3.65. The number of carbonyl (C=O) groups excluding carboxylic acids is 1. The molecule has 148 valence electrons. The van der Waals surface area contributed by atoms with Crippen LogP contribution in [0.4, 0.5) is 0 Å². The minimum atomic E-state index is -0.245. The third-order valence-corrected chi connectivity index (χ3v) is 5.68. The molecule has 0 saturated carbocycles. The van der Waals surface area contributed by atoms with Gasteiger partial charge in [-0.2, -0.15) is 0 Å². The Balaban J connectivity index is 1.48. The van der Waals surface area contributed by atoms with Gasteiger partial charge in [-0.15, -0.1) is 0 Å². The molecule has 1 atom stereocenters. The van der Waals surface area contributed by atoms with Crippen LogP contribution in [0.2, 0.25) is 0 Å². The number of nitrogens with one attached hydrogen (secondary N) is 1. The number of carbonyl (C=O) groups is 1. The SMILES string of the molecule is O=C(C(c1ccccc1)c1ccccc1)N1CCC[C@H](NCc2ccccc2)C1. The highest BCUT2D eigenvalue weighted by Gasteiger charge is 2.30. The van der Waals surface area contributed by atoms with E-state index in [1.165, 1.54) is 5.56 Å². The first-order chi connectivity index (χ1) is 14.3. The fraction of sp³-hybridized carbons (Fsp3) is 0.269. The molecule has 1 heterocycles. The molecule has 0 unspecified atom stereocenters. The average molecular weight is 385 g/mol. The number of nitrogens with zero attached hydrogens (tertiary/aromatic N) is 1. The number of hydrogen-bond acceptors (Lipinski definition) is 2. The molecule has 0 spiro atoms. The average Bonchev–Trinajstić information content (AvgIpc) is 2.80. The van der Waals surface area contributed by atoms with Gasteiger partial charge in [0.1, 0.15) is 0 Å². The van der Waals surface area contributed by atoms with Crippen molar-refractivity contribution >= 4 is 5.91 Å². The van der Waals surface area contributed by atoms with E-state index < -0.39 is 0 Å². The van der Waals surface area contributed by atoms with Crippen LogP contribution in [0.25, 0.3) is 0 Å². The molecule has 0 radical (unpaired) electrons. The van der Waals surface area contributed by atoms with Crippen molar-refractivity contribution in [3.63, 3.8) is 0 Å². The molecule has 1 aliphatic heterocycles. The fourth-order valence-electron chi connectivity index (χ4n) is 4.15. The van der Waals surface area contributed by atoms with Crippen molar-refractivity contribution in [2.45, 2.75) is 31.3 Å². The summed E-state index contributed by atoms with van der Waals surface area (Å²) in [5.41, 5.74) is 3.40. The van der Waals surface area contributed by atoms with Crippen molar-refractivity contribution in [2.75, 3.05) is 13.1 Å². The Bertz CT molecular complexity index is 856. The third kappa shape index (κ3) is 4.93. The molecule has 3 aromatic carbocycles. The lowest BCUT2D eigenvalue weighted by Crippen LogP contribution is -2.49. The van der Waals surface area contributed by atoms with Crippen LogP contribution in [0, 0.1) is 0 Å². The van der Waals surface area contributed by atoms with Gasteiger partial charge >= 0.3 is 0 Å². The monoisotopic (exact) mass is 384 g/mol. The molecule has 1 aliphatic rings. The van der Waals surface area contributed by atoms with Gasteiger partial charge in [-0.1, -0.05) is 91.0 Å². The lowest BCUT2D eigenvalue weighted by Gasteiger charge is -2.35. The quantitative estimate of drug-likeness (QED) is 0.674. The highest BCUT2D eigenvalue weighted by molar-refractivity contribution is 5.87. The number of rotatable bonds is 6. The highest BCUT2D eigenvalue weighted by Crippen LogP contribution is 2.28. The Kier molecular flexibility index (Phi) is 6.38. The van der Waals surface area contributed by atoms with Crippen LogP contribution >= 0.6 is 0 Å². The fourth-order valence-corrected chi connectivity index (χ4v) is 4.15. The maximum absolute atomic E-state index is 13.6. The normalized spacial score (nSPS) is 16.7. The van der Waals surface area contributed by atoms with Crippen molar-refractivity contribution < 1.29 is 4.79 Å². The van der Waals surface area contributed by atoms with Crippen LogP contribution in [-0.2, 0) is 11.3 Å². The van der Waals surface area contributed by atoms with E-state index in [1.807, 2.05) is 42.5 Å².